The molecule has 0 atom stereocenters. The standard InChI is InChI=1S/C20H21NO3/c1-14(2)24-19-9-8-16(11-17(19)12-22)20-18(21-13-23-20)10-15-6-4-3-5-7-15/h3-9,11,13-14,22H,10,12H2,1-2H3. The summed E-state index contributed by atoms with van der Waals surface area (Å²) < 4.78 is 11.3. The van der Waals surface area contributed by atoms with Crippen molar-refractivity contribution >= 4 is 0 Å². The molecule has 0 saturated heterocycles. The minimum absolute atomic E-state index is 0.0556. The molecule has 1 heterocycles. The van der Waals surface area contributed by atoms with Crippen molar-refractivity contribution in [2.45, 2.75) is 33.0 Å². The van der Waals surface area contributed by atoms with Gasteiger partial charge in [0.2, 0.25) is 0 Å². The van der Waals surface area contributed by atoms with Crippen LogP contribution in [-0.2, 0) is 13.0 Å². The second-order valence-electron chi connectivity index (χ2n) is 5.94. The van der Waals surface area contributed by atoms with E-state index in [0.29, 0.717) is 12.2 Å². The number of hydrogen-bond donors (Lipinski definition) is 1. The first-order valence-corrected chi connectivity index (χ1v) is 8.04. The highest BCUT2D eigenvalue weighted by atomic mass is 16.5. The van der Waals surface area contributed by atoms with Gasteiger partial charge in [-0.25, -0.2) is 4.98 Å². The maximum atomic E-state index is 9.63. The van der Waals surface area contributed by atoms with Gasteiger partial charge in [-0.3, -0.25) is 0 Å². The molecule has 0 saturated carbocycles. The number of hydrogen-bond acceptors (Lipinski definition) is 4. The fourth-order valence-corrected chi connectivity index (χ4v) is 2.63. The van der Waals surface area contributed by atoms with Gasteiger partial charge in [0.05, 0.1) is 18.4 Å². The third-order valence-corrected chi connectivity index (χ3v) is 3.71. The number of rotatable bonds is 6. The van der Waals surface area contributed by atoms with Crippen LogP contribution in [0.3, 0.4) is 0 Å². The first-order valence-electron chi connectivity index (χ1n) is 8.04. The first kappa shape index (κ1) is 16.3. The second kappa shape index (κ2) is 7.32. The summed E-state index contributed by atoms with van der Waals surface area (Å²) in [4.78, 5) is 4.35. The van der Waals surface area contributed by atoms with E-state index >= 15 is 0 Å². The fraction of sp³-hybridized carbons (Fsp3) is 0.250. The zero-order valence-electron chi connectivity index (χ0n) is 13.9. The largest absolute Gasteiger partial charge is 0.491 e. The van der Waals surface area contributed by atoms with Crippen molar-refractivity contribution in [3.05, 3.63) is 71.7 Å². The topological polar surface area (TPSA) is 55.5 Å². The summed E-state index contributed by atoms with van der Waals surface area (Å²) >= 11 is 0. The highest BCUT2D eigenvalue weighted by Gasteiger charge is 2.14. The minimum Gasteiger partial charge on any atom is -0.491 e. The van der Waals surface area contributed by atoms with Gasteiger partial charge in [-0.2, -0.15) is 0 Å². The Morgan fingerprint density at radius 2 is 1.92 bits per heavy atom. The highest BCUT2D eigenvalue weighted by Crippen LogP contribution is 2.30. The van der Waals surface area contributed by atoms with E-state index in [4.69, 9.17) is 9.15 Å². The Morgan fingerprint density at radius 1 is 1.12 bits per heavy atom. The van der Waals surface area contributed by atoms with Crippen molar-refractivity contribution in [3.63, 3.8) is 0 Å². The van der Waals surface area contributed by atoms with Gasteiger partial charge in [-0.15, -0.1) is 0 Å². The van der Waals surface area contributed by atoms with Crippen molar-refractivity contribution in [3.8, 4) is 17.1 Å². The monoisotopic (exact) mass is 323 g/mol. The van der Waals surface area contributed by atoms with Gasteiger partial charge in [0.1, 0.15) is 5.75 Å². The maximum absolute atomic E-state index is 9.63. The molecule has 0 unspecified atom stereocenters. The van der Waals surface area contributed by atoms with Crippen LogP contribution in [0.25, 0.3) is 11.3 Å². The summed E-state index contributed by atoms with van der Waals surface area (Å²) in [5, 5.41) is 9.63. The van der Waals surface area contributed by atoms with E-state index in [1.54, 1.807) is 0 Å². The predicted molar refractivity (Wildman–Crippen MR) is 92.9 cm³/mol. The molecule has 0 bridgehead atoms. The summed E-state index contributed by atoms with van der Waals surface area (Å²) in [5.41, 5.74) is 3.68. The maximum Gasteiger partial charge on any atom is 0.181 e. The van der Waals surface area contributed by atoms with E-state index in [0.717, 1.165) is 22.6 Å². The molecule has 4 heteroatoms. The van der Waals surface area contributed by atoms with E-state index in [1.165, 1.54) is 12.0 Å². The molecular formula is C20H21NO3. The fourth-order valence-electron chi connectivity index (χ4n) is 2.63. The molecule has 124 valence electrons. The molecule has 1 N–H and O–H groups in total. The number of aliphatic hydroxyl groups is 1. The van der Waals surface area contributed by atoms with Crippen LogP contribution in [0.1, 0.15) is 30.7 Å². The van der Waals surface area contributed by atoms with Gasteiger partial charge in [0.15, 0.2) is 12.2 Å². The molecule has 0 aliphatic carbocycles. The summed E-state index contributed by atoms with van der Waals surface area (Å²) in [7, 11) is 0. The Labute approximate surface area is 141 Å². The molecule has 0 aliphatic rings. The molecular weight excluding hydrogens is 302 g/mol. The Hall–Kier alpha value is -2.59. The molecule has 3 rings (SSSR count). The summed E-state index contributed by atoms with van der Waals surface area (Å²) in [5.74, 6) is 1.42. The molecule has 0 aliphatic heterocycles. The van der Waals surface area contributed by atoms with Crippen molar-refractivity contribution in [2.24, 2.45) is 0 Å². The van der Waals surface area contributed by atoms with Crippen LogP contribution in [0.15, 0.2) is 59.3 Å². The van der Waals surface area contributed by atoms with E-state index in [9.17, 15) is 5.11 Å². The first-order chi connectivity index (χ1) is 11.7. The molecule has 4 nitrogen and oxygen atoms in total. The number of ether oxygens (including phenoxy) is 1. The summed E-state index contributed by atoms with van der Waals surface area (Å²) in [6.07, 6.45) is 2.22. The Kier molecular flexibility index (Phi) is 4.96. The molecule has 3 aromatic rings. The van der Waals surface area contributed by atoms with E-state index in [1.807, 2.05) is 50.2 Å². The number of oxazole rings is 1. The van der Waals surface area contributed by atoms with E-state index < -0.39 is 0 Å². The average molecular weight is 323 g/mol. The quantitative estimate of drug-likeness (QED) is 0.738. The zero-order valence-corrected chi connectivity index (χ0v) is 13.9. The lowest BCUT2D eigenvalue weighted by molar-refractivity contribution is 0.225. The van der Waals surface area contributed by atoms with Crippen LogP contribution in [0.4, 0.5) is 0 Å². The van der Waals surface area contributed by atoms with Gasteiger partial charge in [0, 0.05) is 17.5 Å². The summed E-state index contributed by atoms with van der Waals surface area (Å²) in [6.45, 7) is 3.84. The van der Waals surface area contributed by atoms with Crippen LogP contribution in [-0.4, -0.2) is 16.2 Å². The van der Waals surface area contributed by atoms with Gasteiger partial charge < -0.3 is 14.3 Å². The molecule has 0 radical (unpaired) electrons. The van der Waals surface area contributed by atoms with Crippen LogP contribution in [0.5, 0.6) is 5.75 Å². The van der Waals surface area contributed by atoms with Crippen LogP contribution in [0.2, 0.25) is 0 Å². The smallest absolute Gasteiger partial charge is 0.181 e. The zero-order chi connectivity index (χ0) is 16.9. The lowest BCUT2D eigenvalue weighted by Crippen LogP contribution is -2.07. The average Bonchev–Trinajstić information content (AvgIpc) is 3.04. The van der Waals surface area contributed by atoms with Crippen molar-refractivity contribution in [1.29, 1.82) is 0 Å². The van der Waals surface area contributed by atoms with Crippen molar-refractivity contribution in [2.75, 3.05) is 0 Å². The van der Waals surface area contributed by atoms with E-state index in [2.05, 4.69) is 17.1 Å². The number of aromatic nitrogens is 1. The number of aliphatic hydroxyl groups excluding tert-OH is 1. The SMILES string of the molecule is CC(C)Oc1ccc(-c2ocnc2Cc2ccccc2)cc1CO. The number of nitrogens with zero attached hydrogens (tertiary/aromatic N) is 1. The van der Waals surface area contributed by atoms with Gasteiger partial charge >= 0.3 is 0 Å². The Morgan fingerprint density at radius 3 is 2.62 bits per heavy atom. The highest BCUT2D eigenvalue weighted by molar-refractivity contribution is 5.63. The van der Waals surface area contributed by atoms with Crippen molar-refractivity contribution < 1.29 is 14.3 Å². The van der Waals surface area contributed by atoms with Gasteiger partial charge in [-0.05, 0) is 37.6 Å². The lowest BCUT2D eigenvalue weighted by atomic mass is 10.0. The third kappa shape index (κ3) is 3.66. The Balaban J connectivity index is 1.91. The molecule has 0 fully saturated rings. The Bertz CT molecular complexity index is 794. The van der Waals surface area contributed by atoms with Crippen LogP contribution >= 0.6 is 0 Å². The normalized spacial score (nSPS) is 11.0. The van der Waals surface area contributed by atoms with E-state index in [-0.39, 0.29) is 12.7 Å². The third-order valence-electron chi connectivity index (χ3n) is 3.71. The molecule has 2 aromatic carbocycles. The lowest BCUT2D eigenvalue weighted by Gasteiger charge is -2.14. The number of benzene rings is 2. The molecule has 24 heavy (non-hydrogen) atoms. The van der Waals surface area contributed by atoms with Crippen molar-refractivity contribution in [1.82, 2.24) is 4.98 Å². The van der Waals surface area contributed by atoms with Crippen LogP contribution in [0, 0.1) is 0 Å². The molecule has 0 amide bonds. The molecule has 0 spiro atoms. The van der Waals surface area contributed by atoms with Crippen LogP contribution < -0.4 is 4.74 Å². The van der Waals surface area contributed by atoms with Gasteiger partial charge in [-0.1, -0.05) is 30.3 Å². The van der Waals surface area contributed by atoms with Gasteiger partial charge in [0.25, 0.3) is 0 Å². The second-order valence-corrected chi connectivity index (χ2v) is 5.94. The summed E-state index contributed by atoms with van der Waals surface area (Å²) in [6, 6.07) is 15.9. The molecule has 1 aromatic heterocycles. The predicted octanol–water partition coefficient (Wildman–Crippen LogP) is 4.21. The minimum atomic E-state index is -0.0853.